The normalized spacial score (nSPS) is 22.0. The molecule has 5 aromatic carbocycles. The van der Waals surface area contributed by atoms with E-state index < -0.39 is 31.9 Å². The second-order valence-corrected chi connectivity index (χ2v) is 25.7. The fraction of sp³-hybridized carbons (Fsp3) is 0.450. The number of ether oxygens (including phenoxy) is 4. The maximum atomic E-state index is 16.0. The van der Waals surface area contributed by atoms with Crippen LogP contribution in [-0.4, -0.2) is 113 Å². The van der Waals surface area contributed by atoms with E-state index in [1.165, 1.54) is 5.19 Å². The fourth-order valence-electron chi connectivity index (χ4n) is 12.4. The standard InChI is InChI=1S/C60H75N5O10Si/c1-7-73-46-20-25-52-41(33-46)35-50(61-28-9-11-30-66)57(69)64(52)43-15-13-40(14-16-43)38-63-54-24-17-44(65-53-26-21-47(74-8-2)34-42(53)36-51(58(65)70)62-29-10-12-31-67)37-49(54)60(59(63)71)39(3)56(55(75-60)27-32-68)76(5,6)48-22-18-45(72-4)19-23-48/h13-26,33-34,37,39,50-51,55-56,61-62,66-68H,7-12,27-32,35-36,38H2,1-6H3/t39-,50?,51?,55+,56-,60+/m1/s1. The number of anilines is 5. The summed E-state index contributed by atoms with van der Waals surface area (Å²) < 4.78 is 24.7. The van der Waals surface area contributed by atoms with E-state index in [0.717, 1.165) is 46.0 Å². The first-order chi connectivity index (χ1) is 36.8. The van der Waals surface area contributed by atoms with Gasteiger partial charge in [0.25, 0.3) is 5.91 Å². The van der Waals surface area contributed by atoms with Crippen LogP contribution in [0.2, 0.25) is 18.6 Å². The Morgan fingerprint density at radius 1 is 0.658 bits per heavy atom. The van der Waals surface area contributed by atoms with Crippen molar-refractivity contribution >= 4 is 59.4 Å². The lowest BCUT2D eigenvalue weighted by Gasteiger charge is -2.37. The van der Waals surface area contributed by atoms with Crippen molar-refractivity contribution in [3.8, 4) is 17.2 Å². The van der Waals surface area contributed by atoms with E-state index in [0.29, 0.717) is 93.2 Å². The van der Waals surface area contributed by atoms with Crippen LogP contribution in [0.15, 0.2) is 103 Å². The van der Waals surface area contributed by atoms with Gasteiger partial charge in [0.1, 0.15) is 17.2 Å². The molecule has 4 aliphatic heterocycles. The van der Waals surface area contributed by atoms with Gasteiger partial charge in [-0.2, -0.15) is 0 Å². The molecule has 404 valence electrons. The van der Waals surface area contributed by atoms with Gasteiger partial charge in [-0.05, 0) is 173 Å². The first kappa shape index (κ1) is 54.7. The summed E-state index contributed by atoms with van der Waals surface area (Å²) in [5, 5.41) is 37.7. The van der Waals surface area contributed by atoms with Crippen molar-refractivity contribution in [1.29, 1.82) is 0 Å². The molecule has 0 aliphatic carbocycles. The minimum atomic E-state index is -2.53. The van der Waals surface area contributed by atoms with Crippen LogP contribution in [0.5, 0.6) is 17.2 Å². The van der Waals surface area contributed by atoms with Gasteiger partial charge in [-0.15, -0.1) is 0 Å². The number of aliphatic hydroxyl groups excluding tert-OH is 3. The number of fused-ring (bicyclic) bond motifs is 4. The predicted octanol–water partition coefficient (Wildman–Crippen LogP) is 7.54. The molecule has 4 aliphatic rings. The Kier molecular flexibility index (Phi) is 17.0. The van der Waals surface area contributed by atoms with Crippen molar-refractivity contribution < 1.29 is 48.7 Å². The highest BCUT2D eigenvalue weighted by Gasteiger charge is 2.66. The number of nitrogens with one attached hydrogen (secondary N) is 2. The number of methoxy groups -OCH3 is 1. The van der Waals surface area contributed by atoms with Gasteiger partial charge in [-0.1, -0.05) is 49.5 Å². The second-order valence-electron chi connectivity index (χ2n) is 21.0. The molecule has 0 saturated carbocycles. The molecule has 6 atom stereocenters. The zero-order valence-corrected chi connectivity index (χ0v) is 45.8. The minimum absolute atomic E-state index is 0.0717. The number of rotatable bonds is 23. The van der Waals surface area contributed by atoms with Crippen LogP contribution in [-0.2, 0) is 44.1 Å². The predicted molar refractivity (Wildman–Crippen MR) is 298 cm³/mol. The SMILES string of the molecule is CCOc1ccc2c(c1)CC(NCCCCO)C(=O)N2c1ccc(CN2C(=O)[C@@]3(O[C@@H](CCO)[C@H]([Si](C)(C)c4ccc(OC)cc4)[C@H]3C)c3cc(N4C(=O)C(NCCCCO)Cc5cc(OCC)ccc54)ccc32)cc1. The molecule has 0 radical (unpaired) electrons. The van der Waals surface area contributed by atoms with Crippen molar-refractivity contribution in [3.05, 3.63) is 125 Å². The van der Waals surface area contributed by atoms with Crippen LogP contribution in [0.4, 0.5) is 28.4 Å². The number of carbonyl (C=O) groups is 3. The van der Waals surface area contributed by atoms with E-state index in [2.05, 4.69) is 42.8 Å². The number of aliphatic hydroxyl groups is 3. The van der Waals surface area contributed by atoms with Gasteiger partial charge in [0, 0.05) is 42.7 Å². The lowest BCUT2D eigenvalue weighted by molar-refractivity contribution is -0.146. The molecule has 76 heavy (non-hydrogen) atoms. The summed E-state index contributed by atoms with van der Waals surface area (Å²) in [5.41, 5.74) is 5.31. The van der Waals surface area contributed by atoms with E-state index in [4.69, 9.17) is 18.9 Å². The molecule has 9 rings (SSSR count). The van der Waals surface area contributed by atoms with Crippen LogP contribution in [0.25, 0.3) is 0 Å². The van der Waals surface area contributed by atoms with Gasteiger partial charge in [0.15, 0.2) is 5.60 Å². The zero-order chi connectivity index (χ0) is 53.7. The number of nitrogens with zero attached hydrogens (tertiary/aromatic N) is 3. The molecule has 3 amide bonds. The Morgan fingerprint density at radius 3 is 1.71 bits per heavy atom. The Morgan fingerprint density at radius 2 is 1.18 bits per heavy atom. The fourth-order valence-corrected chi connectivity index (χ4v) is 16.4. The molecule has 16 heteroatoms. The number of hydrogen-bond acceptors (Lipinski definition) is 12. The molecule has 5 aromatic rings. The molecule has 0 bridgehead atoms. The van der Waals surface area contributed by atoms with Crippen molar-refractivity contribution in [1.82, 2.24) is 10.6 Å². The smallest absolute Gasteiger partial charge is 0.264 e. The van der Waals surface area contributed by atoms with Crippen LogP contribution >= 0.6 is 0 Å². The number of carbonyl (C=O) groups excluding carboxylic acids is 3. The Labute approximate surface area is 448 Å². The molecule has 2 unspecified atom stereocenters. The summed E-state index contributed by atoms with van der Waals surface area (Å²) in [6, 6.07) is 32.4. The summed E-state index contributed by atoms with van der Waals surface area (Å²) in [5.74, 6) is 1.42. The van der Waals surface area contributed by atoms with Crippen molar-refractivity contribution in [2.24, 2.45) is 5.92 Å². The lowest BCUT2D eigenvalue weighted by Crippen LogP contribution is -2.52. The molecule has 5 N–H and O–H groups in total. The topological polar surface area (TPSA) is 183 Å². The quantitative estimate of drug-likeness (QED) is 0.0321. The summed E-state index contributed by atoms with van der Waals surface area (Å²) in [6.45, 7) is 13.0. The van der Waals surface area contributed by atoms with Crippen LogP contribution in [0.1, 0.15) is 75.1 Å². The Bertz CT molecular complexity index is 2870. The second kappa shape index (κ2) is 23.6. The molecule has 0 aromatic heterocycles. The number of benzene rings is 5. The maximum Gasteiger partial charge on any atom is 0.264 e. The highest BCUT2D eigenvalue weighted by atomic mass is 28.3. The molecule has 15 nitrogen and oxygen atoms in total. The summed E-state index contributed by atoms with van der Waals surface area (Å²) in [6.07, 6.45) is 3.53. The average Bonchev–Trinajstić information content (AvgIpc) is 3.94. The van der Waals surface area contributed by atoms with E-state index in [-0.39, 0.29) is 55.5 Å². The van der Waals surface area contributed by atoms with Gasteiger partial charge >= 0.3 is 0 Å². The highest BCUT2D eigenvalue weighted by molar-refractivity contribution is 6.91. The maximum absolute atomic E-state index is 16.0. The molecule has 1 spiro atoms. The minimum Gasteiger partial charge on any atom is -0.497 e. The van der Waals surface area contributed by atoms with Crippen molar-refractivity contribution in [2.75, 3.05) is 67.9 Å². The number of hydrogen-bond donors (Lipinski definition) is 5. The van der Waals surface area contributed by atoms with E-state index in [1.807, 2.05) is 105 Å². The van der Waals surface area contributed by atoms with Gasteiger partial charge in [-0.25, -0.2) is 0 Å². The molecule has 1 fully saturated rings. The van der Waals surface area contributed by atoms with Crippen molar-refractivity contribution in [3.63, 3.8) is 0 Å². The third-order valence-electron chi connectivity index (χ3n) is 16.1. The van der Waals surface area contributed by atoms with Crippen LogP contribution in [0, 0.1) is 5.92 Å². The van der Waals surface area contributed by atoms with E-state index in [1.54, 1.807) is 21.8 Å². The third kappa shape index (κ3) is 10.4. The summed E-state index contributed by atoms with van der Waals surface area (Å²) in [4.78, 5) is 50.6. The van der Waals surface area contributed by atoms with Gasteiger partial charge in [-0.3, -0.25) is 24.2 Å². The van der Waals surface area contributed by atoms with Gasteiger partial charge in [0.05, 0.1) is 70.2 Å². The zero-order valence-electron chi connectivity index (χ0n) is 44.8. The van der Waals surface area contributed by atoms with E-state index >= 15 is 4.79 Å². The molecule has 1 saturated heterocycles. The molecular formula is C60H75N5O10Si. The monoisotopic (exact) mass is 1050 g/mol. The Balaban J connectivity index is 1.11. The average molecular weight is 1050 g/mol. The first-order valence-corrected chi connectivity index (χ1v) is 30.3. The largest absolute Gasteiger partial charge is 0.497 e. The Hall–Kier alpha value is -6.11. The van der Waals surface area contributed by atoms with Crippen molar-refractivity contribution in [2.45, 2.75) is 115 Å². The van der Waals surface area contributed by atoms with Crippen LogP contribution < -0.4 is 44.7 Å². The number of unbranched alkanes of at least 4 members (excludes halogenated alkanes) is 2. The van der Waals surface area contributed by atoms with Gasteiger partial charge in [0.2, 0.25) is 11.8 Å². The molecule has 4 heterocycles. The summed E-state index contributed by atoms with van der Waals surface area (Å²) >= 11 is 0. The number of amides is 3. The lowest BCUT2D eigenvalue weighted by atomic mass is 9.82. The van der Waals surface area contributed by atoms with Gasteiger partial charge < -0.3 is 49.8 Å². The molecular weight excluding hydrogens is 979 g/mol. The summed E-state index contributed by atoms with van der Waals surface area (Å²) in [7, 11) is -0.875. The van der Waals surface area contributed by atoms with E-state index in [9.17, 15) is 24.9 Å². The highest BCUT2D eigenvalue weighted by Crippen LogP contribution is 2.61. The first-order valence-electron chi connectivity index (χ1n) is 27.2. The third-order valence-corrected chi connectivity index (χ3v) is 20.4. The van der Waals surface area contributed by atoms with Crippen LogP contribution in [0.3, 0.4) is 0 Å².